The van der Waals surface area contributed by atoms with E-state index in [0.29, 0.717) is 12.0 Å². The molecule has 11 heteroatoms. The fraction of sp³-hybridized carbons (Fsp3) is 0.517. The van der Waals surface area contributed by atoms with E-state index in [9.17, 15) is 24.3 Å². The predicted octanol–water partition coefficient (Wildman–Crippen LogP) is 2.41. The summed E-state index contributed by atoms with van der Waals surface area (Å²) in [6, 6.07) is 0. The van der Waals surface area contributed by atoms with Crippen LogP contribution in [0.3, 0.4) is 0 Å². The minimum absolute atomic E-state index is 0.0801. The van der Waals surface area contributed by atoms with Crippen molar-refractivity contribution in [2.75, 3.05) is 21.3 Å². The van der Waals surface area contributed by atoms with Gasteiger partial charge < -0.3 is 35.1 Å². The van der Waals surface area contributed by atoms with Crippen molar-refractivity contribution < 1.29 is 43.2 Å². The maximum atomic E-state index is 13.3. The Labute approximate surface area is 234 Å². The van der Waals surface area contributed by atoms with E-state index in [1.54, 1.807) is 32.1 Å². The highest BCUT2D eigenvalue weighted by Gasteiger charge is 2.34. The van der Waals surface area contributed by atoms with E-state index in [1.807, 2.05) is 6.92 Å². The quantitative estimate of drug-likeness (QED) is 0.346. The molecule has 0 saturated carbocycles. The fourth-order valence-corrected chi connectivity index (χ4v) is 4.78. The zero-order valence-corrected chi connectivity index (χ0v) is 24.1. The van der Waals surface area contributed by atoms with Gasteiger partial charge >= 0.3 is 6.09 Å². The van der Waals surface area contributed by atoms with Gasteiger partial charge in [0.05, 0.1) is 25.0 Å². The van der Waals surface area contributed by atoms with Gasteiger partial charge in [-0.15, -0.1) is 0 Å². The van der Waals surface area contributed by atoms with E-state index >= 15 is 0 Å². The van der Waals surface area contributed by atoms with Crippen molar-refractivity contribution in [2.24, 2.45) is 17.6 Å². The molecule has 1 aliphatic carbocycles. The number of ether oxygens (including phenoxy) is 4. The number of carbonyl (C=O) groups excluding carboxylic acids is 4. The van der Waals surface area contributed by atoms with Gasteiger partial charge in [-0.1, -0.05) is 38.2 Å². The Morgan fingerprint density at radius 1 is 1.10 bits per heavy atom. The summed E-state index contributed by atoms with van der Waals surface area (Å²) < 4.78 is 21.7. The van der Waals surface area contributed by atoms with Gasteiger partial charge in [0.15, 0.2) is 11.9 Å². The number of fused-ring (bicyclic) bond motifs is 2. The summed E-state index contributed by atoms with van der Waals surface area (Å²) in [5, 5.41) is 13.7. The van der Waals surface area contributed by atoms with Crippen LogP contribution in [-0.4, -0.2) is 74.4 Å². The van der Waals surface area contributed by atoms with Crippen LogP contribution in [0.25, 0.3) is 0 Å². The van der Waals surface area contributed by atoms with Crippen LogP contribution in [0.4, 0.5) is 4.79 Å². The summed E-state index contributed by atoms with van der Waals surface area (Å²) in [4.78, 5) is 50.6. The second kappa shape index (κ2) is 14.7. The van der Waals surface area contributed by atoms with Crippen molar-refractivity contribution in [3.05, 3.63) is 58.6 Å². The molecule has 0 aromatic rings. The van der Waals surface area contributed by atoms with Crippen LogP contribution < -0.4 is 11.1 Å². The summed E-state index contributed by atoms with van der Waals surface area (Å²) in [6.07, 6.45) is 3.61. The first-order valence-corrected chi connectivity index (χ1v) is 13.0. The van der Waals surface area contributed by atoms with Crippen LogP contribution >= 0.6 is 0 Å². The fourth-order valence-electron chi connectivity index (χ4n) is 4.78. The highest BCUT2D eigenvalue weighted by molar-refractivity contribution is 6.23. The molecule has 0 radical (unpaired) electrons. The van der Waals surface area contributed by atoms with Gasteiger partial charge in [-0.2, -0.15) is 0 Å². The van der Waals surface area contributed by atoms with E-state index < -0.39 is 53.9 Å². The molecule has 0 saturated heterocycles. The summed E-state index contributed by atoms with van der Waals surface area (Å²) >= 11 is 0. The van der Waals surface area contributed by atoms with Crippen molar-refractivity contribution in [1.29, 1.82) is 0 Å². The van der Waals surface area contributed by atoms with Crippen molar-refractivity contribution in [3.63, 3.8) is 0 Å². The van der Waals surface area contributed by atoms with Crippen LogP contribution in [0.2, 0.25) is 0 Å². The molecule has 0 aromatic carbocycles. The number of allylic oxidation sites excluding steroid dienone is 4. The van der Waals surface area contributed by atoms with Gasteiger partial charge in [0.2, 0.25) is 11.6 Å². The zero-order valence-electron chi connectivity index (χ0n) is 24.1. The molecule has 1 heterocycles. The van der Waals surface area contributed by atoms with Crippen molar-refractivity contribution in [1.82, 2.24) is 5.32 Å². The minimum Gasteiger partial charge on any atom is -0.492 e. The van der Waals surface area contributed by atoms with Crippen molar-refractivity contribution >= 4 is 23.6 Å². The summed E-state index contributed by atoms with van der Waals surface area (Å²) in [7, 11) is 4.21. The number of hydrogen-bond acceptors (Lipinski definition) is 9. The van der Waals surface area contributed by atoms with Gasteiger partial charge in [-0.3, -0.25) is 14.4 Å². The number of ketones is 2. The maximum Gasteiger partial charge on any atom is 0.405 e. The Bertz CT molecular complexity index is 1150. The highest BCUT2D eigenvalue weighted by atomic mass is 16.6. The number of carbonyl (C=O) groups is 4. The maximum absolute atomic E-state index is 13.3. The van der Waals surface area contributed by atoms with E-state index in [-0.39, 0.29) is 34.9 Å². The third-order valence-electron chi connectivity index (χ3n) is 6.95. The Kier molecular flexibility index (Phi) is 12.0. The molecule has 2 bridgehead atoms. The molecular formula is C29H40N2O9. The lowest BCUT2D eigenvalue weighted by Gasteiger charge is -2.29. The summed E-state index contributed by atoms with van der Waals surface area (Å²) in [5.41, 5.74) is 6.12. The molecule has 4 N–H and O–H groups in total. The number of amides is 2. The van der Waals surface area contributed by atoms with E-state index in [1.165, 1.54) is 34.3 Å². The molecule has 40 heavy (non-hydrogen) atoms. The molecule has 0 aromatic heterocycles. The van der Waals surface area contributed by atoms with Crippen LogP contribution in [0, 0.1) is 11.8 Å². The number of nitrogens with two attached hydrogens (primary N) is 1. The van der Waals surface area contributed by atoms with Gasteiger partial charge in [-0.05, 0) is 38.2 Å². The largest absolute Gasteiger partial charge is 0.492 e. The van der Waals surface area contributed by atoms with Crippen LogP contribution in [0.15, 0.2) is 58.6 Å². The molecule has 6 atom stereocenters. The lowest BCUT2D eigenvalue weighted by Crippen LogP contribution is -2.37. The van der Waals surface area contributed by atoms with E-state index in [0.717, 1.165) is 6.08 Å². The standard InChI is InChI=1S/C29H40N2O9/c1-15-11-19-25(34)20(14-21(32)27(19)39-7)31-28(35)16(2)9-8-10-22(37-5)26(40-29(30)36)18(4)13-17(3)24(33)23(12-15)38-6/h8-10,13-15,17,22-24,26,33H,11-12H2,1-7H3,(H2,30,36)(H,31,35)/b10-8-,16-9+,18-13+/t15-,17-,22?,23-,24-,26-/m1/s1. The van der Waals surface area contributed by atoms with Crippen LogP contribution in [-0.2, 0) is 33.3 Å². The second-order valence-electron chi connectivity index (χ2n) is 10.1. The first kappa shape index (κ1) is 32.7. The SMILES string of the molecule is COC1=C2C[C@@H](C)C[C@@H](OC)[C@H](O)[C@H](C)/C=C(\C)[C@@H](OC(N)=O)C(OC)/C=C\C=C(/C)C(=O)NC(=CC1=O)C2=O. The van der Waals surface area contributed by atoms with Crippen molar-refractivity contribution in [2.45, 2.75) is 65.0 Å². The molecule has 2 amide bonds. The number of aliphatic hydroxyl groups excluding tert-OH is 1. The molecular weight excluding hydrogens is 520 g/mol. The average molecular weight is 561 g/mol. The Hall–Kier alpha value is -3.54. The molecule has 2 rings (SSSR count). The molecule has 0 spiro atoms. The van der Waals surface area contributed by atoms with Crippen LogP contribution in [0.5, 0.6) is 0 Å². The molecule has 220 valence electrons. The molecule has 0 fully saturated rings. The second-order valence-corrected chi connectivity index (χ2v) is 10.1. The average Bonchev–Trinajstić information content (AvgIpc) is 2.90. The normalized spacial score (nSPS) is 32.7. The first-order valence-electron chi connectivity index (χ1n) is 13.0. The molecule has 1 unspecified atom stereocenters. The number of hydrogen-bond donors (Lipinski definition) is 3. The topological polar surface area (TPSA) is 163 Å². The highest BCUT2D eigenvalue weighted by Crippen LogP contribution is 2.29. The smallest absolute Gasteiger partial charge is 0.405 e. The number of nitrogens with one attached hydrogen (secondary N) is 1. The Morgan fingerprint density at radius 2 is 1.77 bits per heavy atom. The number of primary amides is 1. The first-order chi connectivity index (χ1) is 18.8. The van der Waals surface area contributed by atoms with Gasteiger partial charge in [-0.25, -0.2) is 4.79 Å². The third-order valence-corrected chi connectivity index (χ3v) is 6.95. The molecule has 2 aliphatic rings. The summed E-state index contributed by atoms with van der Waals surface area (Å²) in [6.45, 7) is 6.92. The number of methoxy groups -OCH3 is 3. The summed E-state index contributed by atoms with van der Waals surface area (Å²) in [5.74, 6) is -2.39. The predicted molar refractivity (Wildman–Crippen MR) is 147 cm³/mol. The lowest BCUT2D eigenvalue weighted by atomic mass is 9.85. The van der Waals surface area contributed by atoms with E-state index in [2.05, 4.69) is 5.32 Å². The van der Waals surface area contributed by atoms with Crippen molar-refractivity contribution in [3.8, 4) is 0 Å². The zero-order chi connectivity index (χ0) is 30.1. The van der Waals surface area contributed by atoms with E-state index in [4.69, 9.17) is 24.7 Å². The number of Topliss-reactive ketones (excluding diaryl/α,β-unsaturated/α-hetero) is 1. The number of rotatable bonds is 4. The number of aliphatic hydroxyl groups is 1. The molecule has 1 aliphatic heterocycles. The van der Waals surface area contributed by atoms with Gasteiger partial charge in [0.1, 0.15) is 6.10 Å². The molecule has 11 nitrogen and oxygen atoms in total. The minimum atomic E-state index is -1.00. The van der Waals surface area contributed by atoms with Crippen LogP contribution in [0.1, 0.15) is 40.5 Å². The lowest BCUT2D eigenvalue weighted by molar-refractivity contribution is -0.120. The van der Waals surface area contributed by atoms with Gasteiger partial charge in [0, 0.05) is 37.4 Å². The Morgan fingerprint density at radius 3 is 2.35 bits per heavy atom. The Balaban J connectivity index is 2.60. The monoisotopic (exact) mass is 560 g/mol. The third kappa shape index (κ3) is 8.23. The van der Waals surface area contributed by atoms with Gasteiger partial charge in [0.25, 0.3) is 5.91 Å².